The number of nitrogens with zero attached hydrogens (tertiary/aromatic N) is 1. The number of aryl methyl sites for hydroxylation is 1. The Morgan fingerprint density at radius 3 is 2.47 bits per heavy atom. The summed E-state index contributed by atoms with van der Waals surface area (Å²) in [6, 6.07) is 6.38. The summed E-state index contributed by atoms with van der Waals surface area (Å²) in [6.45, 7) is 5.25. The SMILES string of the molecule is Cc1cncc(Nc2ccccc2F)c1P(C)(C)=O. The summed E-state index contributed by atoms with van der Waals surface area (Å²) in [5.74, 6) is -0.350. The summed E-state index contributed by atoms with van der Waals surface area (Å²) in [4.78, 5) is 4.08. The van der Waals surface area contributed by atoms with Crippen LogP contribution in [0, 0.1) is 12.7 Å². The van der Waals surface area contributed by atoms with Crippen LogP contribution in [-0.4, -0.2) is 18.3 Å². The van der Waals surface area contributed by atoms with E-state index in [1.807, 2.05) is 6.92 Å². The minimum atomic E-state index is -2.47. The van der Waals surface area contributed by atoms with Gasteiger partial charge in [0.05, 0.1) is 17.6 Å². The Bertz CT molecular complexity index is 652. The third kappa shape index (κ3) is 3.02. The standard InChI is InChI=1S/C14H16FN2OP/c1-10-8-16-9-13(14(10)19(2,3)18)17-12-7-5-4-6-11(12)15/h4-9,17H,1-3H3. The predicted molar refractivity (Wildman–Crippen MR) is 77.7 cm³/mol. The second-order valence-corrected chi connectivity index (χ2v) is 7.96. The average molecular weight is 278 g/mol. The van der Waals surface area contributed by atoms with Crippen LogP contribution >= 0.6 is 7.14 Å². The molecule has 0 aliphatic carbocycles. The molecule has 2 aromatic rings. The summed E-state index contributed by atoms with van der Waals surface area (Å²) in [6.07, 6.45) is 3.25. The normalized spacial score (nSPS) is 11.4. The zero-order valence-electron chi connectivity index (χ0n) is 11.1. The van der Waals surface area contributed by atoms with Gasteiger partial charge in [-0.2, -0.15) is 0 Å². The Labute approximate surface area is 112 Å². The van der Waals surface area contributed by atoms with Gasteiger partial charge in [0.1, 0.15) is 13.0 Å². The summed E-state index contributed by atoms with van der Waals surface area (Å²) in [5.41, 5.74) is 1.79. The molecule has 0 spiro atoms. The van der Waals surface area contributed by atoms with Gasteiger partial charge < -0.3 is 9.88 Å². The van der Waals surface area contributed by atoms with Gasteiger partial charge >= 0.3 is 0 Å². The van der Waals surface area contributed by atoms with Gasteiger partial charge in [0, 0.05) is 11.5 Å². The number of benzene rings is 1. The molecule has 0 aliphatic heterocycles. The van der Waals surface area contributed by atoms with Crippen molar-refractivity contribution in [2.75, 3.05) is 18.6 Å². The van der Waals surface area contributed by atoms with Gasteiger partial charge in [0.2, 0.25) is 0 Å². The molecule has 0 radical (unpaired) electrons. The Morgan fingerprint density at radius 1 is 1.16 bits per heavy atom. The second-order valence-electron chi connectivity index (χ2n) is 4.81. The minimum absolute atomic E-state index is 0.350. The third-order valence-electron chi connectivity index (χ3n) is 2.78. The number of nitrogens with one attached hydrogen (secondary N) is 1. The van der Waals surface area contributed by atoms with E-state index >= 15 is 0 Å². The fourth-order valence-corrected chi connectivity index (χ4v) is 3.67. The first kappa shape index (κ1) is 13.8. The van der Waals surface area contributed by atoms with Gasteiger partial charge in [-0.15, -0.1) is 0 Å². The van der Waals surface area contributed by atoms with E-state index in [4.69, 9.17) is 0 Å². The zero-order chi connectivity index (χ0) is 14.0. The van der Waals surface area contributed by atoms with E-state index in [1.54, 1.807) is 43.9 Å². The van der Waals surface area contributed by atoms with Gasteiger partial charge in [-0.05, 0) is 37.9 Å². The number of hydrogen-bond acceptors (Lipinski definition) is 3. The molecule has 0 atom stereocenters. The quantitative estimate of drug-likeness (QED) is 0.873. The molecule has 19 heavy (non-hydrogen) atoms. The van der Waals surface area contributed by atoms with Crippen molar-refractivity contribution in [3.05, 3.63) is 48.0 Å². The van der Waals surface area contributed by atoms with E-state index in [2.05, 4.69) is 10.3 Å². The smallest absolute Gasteiger partial charge is 0.146 e. The molecule has 0 unspecified atom stereocenters. The molecule has 2 rings (SSSR count). The van der Waals surface area contributed by atoms with E-state index in [9.17, 15) is 8.96 Å². The fraction of sp³-hybridized carbons (Fsp3) is 0.214. The van der Waals surface area contributed by atoms with Crippen molar-refractivity contribution in [3.8, 4) is 0 Å². The van der Waals surface area contributed by atoms with E-state index < -0.39 is 7.14 Å². The summed E-state index contributed by atoms with van der Waals surface area (Å²) < 4.78 is 26.0. The molecule has 1 aromatic carbocycles. The van der Waals surface area contributed by atoms with Crippen molar-refractivity contribution < 1.29 is 8.96 Å². The topological polar surface area (TPSA) is 42.0 Å². The molecule has 3 nitrogen and oxygen atoms in total. The molecular weight excluding hydrogens is 262 g/mol. The van der Waals surface area contributed by atoms with Gasteiger partial charge in [-0.25, -0.2) is 4.39 Å². The van der Waals surface area contributed by atoms with Crippen LogP contribution in [0.3, 0.4) is 0 Å². The minimum Gasteiger partial charge on any atom is -0.351 e. The first-order chi connectivity index (χ1) is 8.89. The molecule has 1 heterocycles. The molecule has 0 bridgehead atoms. The lowest BCUT2D eigenvalue weighted by Crippen LogP contribution is -2.14. The number of para-hydroxylation sites is 1. The first-order valence-electron chi connectivity index (χ1n) is 5.91. The zero-order valence-corrected chi connectivity index (χ0v) is 12.0. The first-order valence-corrected chi connectivity index (χ1v) is 8.51. The van der Waals surface area contributed by atoms with E-state index in [0.29, 0.717) is 16.7 Å². The van der Waals surface area contributed by atoms with Crippen molar-refractivity contribution in [2.45, 2.75) is 6.92 Å². The molecule has 5 heteroatoms. The van der Waals surface area contributed by atoms with E-state index in [1.165, 1.54) is 6.07 Å². The van der Waals surface area contributed by atoms with E-state index in [0.717, 1.165) is 5.56 Å². The Morgan fingerprint density at radius 2 is 1.84 bits per heavy atom. The van der Waals surface area contributed by atoms with Crippen LogP contribution in [0.5, 0.6) is 0 Å². The predicted octanol–water partition coefficient (Wildman–Crippen LogP) is 3.52. The number of halogens is 1. The van der Waals surface area contributed by atoms with Gasteiger partial charge in [0.15, 0.2) is 0 Å². The molecule has 0 amide bonds. The van der Waals surface area contributed by atoms with Crippen LogP contribution < -0.4 is 10.6 Å². The molecule has 0 saturated carbocycles. The number of hydrogen-bond donors (Lipinski definition) is 1. The summed E-state index contributed by atoms with van der Waals surface area (Å²) in [7, 11) is -2.47. The third-order valence-corrected chi connectivity index (χ3v) is 4.45. The molecule has 1 N–H and O–H groups in total. The number of pyridine rings is 1. The molecule has 100 valence electrons. The highest BCUT2D eigenvalue weighted by molar-refractivity contribution is 7.70. The Kier molecular flexibility index (Phi) is 3.72. The van der Waals surface area contributed by atoms with Crippen LogP contribution in [0.4, 0.5) is 15.8 Å². The monoisotopic (exact) mass is 278 g/mol. The highest BCUT2D eigenvalue weighted by Gasteiger charge is 2.19. The lowest BCUT2D eigenvalue weighted by Gasteiger charge is -2.17. The van der Waals surface area contributed by atoms with Crippen molar-refractivity contribution in [1.82, 2.24) is 4.98 Å². The van der Waals surface area contributed by atoms with Gasteiger partial charge in [-0.3, -0.25) is 4.98 Å². The second kappa shape index (κ2) is 5.14. The molecular formula is C14H16FN2OP. The lowest BCUT2D eigenvalue weighted by atomic mass is 10.2. The van der Waals surface area contributed by atoms with Crippen molar-refractivity contribution >= 4 is 23.8 Å². The Hall–Kier alpha value is -1.67. The maximum atomic E-state index is 13.7. The number of aromatic nitrogens is 1. The van der Waals surface area contributed by atoms with Crippen molar-refractivity contribution in [2.24, 2.45) is 0 Å². The largest absolute Gasteiger partial charge is 0.351 e. The van der Waals surface area contributed by atoms with Crippen LogP contribution in [0.2, 0.25) is 0 Å². The van der Waals surface area contributed by atoms with E-state index in [-0.39, 0.29) is 5.82 Å². The highest BCUT2D eigenvalue weighted by Crippen LogP contribution is 2.39. The van der Waals surface area contributed by atoms with Gasteiger partial charge in [-0.1, -0.05) is 12.1 Å². The fourth-order valence-electron chi connectivity index (χ4n) is 2.07. The van der Waals surface area contributed by atoms with Gasteiger partial charge in [0.25, 0.3) is 0 Å². The van der Waals surface area contributed by atoms with Crippen LogP contribution in [-0.2, 0) is 4.57 Å². The molecule has 0 saturated heterocycles. The number of rotatable bonds is 3. The molecule has 0 aliphatic rings. The maximum absolute atomic E-state index is 13.7. The maximum Gasteiger partial charge on any atom is 0.146 e. The highest BCUT2D eigenvalue weighted by atomic mass is 31.2. The number of anilines is 2. The average Bonchev–Trinajstić information content (AvgIpc) is 2.30. The van der Waals surface area contributed by atoms with Crippen LogP contribution in [0.15, 0.2) is 36.7 Å². The molecule has 1 aromatic heterocycles. The van der Waals surface area contributed by atoms with Crippen LogP contribution in [0.1, 0.15) is 5.56 Å². The van der Waals surface area contributed by atoms with Crippen molar-refractivity contribution in [3.63, 3.8) is 0 Å². The summed E-state index contributed by atoms with van der Waals surface area (Å²) in [5, 5.41) is 3.69. The van der Waals surface area contributed by atoms with Crippen LogP contribution in [0.25, 0.3) is 0 Å². The summed E-state index contributed by atoms with van der Waals surface area (Å²) >= 11 is 0. The lowest BCUT2D eigenvalue weighted by molar-refractivity contribution is 0.588. The molecule has 0 fully saturated rings. The Balaban J connectivity index is 2.50. The van der Waals surface area contributed by atoms with Crippen molar-refractivity contribution in [1.29, 1.82) is 0 Å².